The molecule has 1 aromatic carbocycles. The molecule has 3 aromatic heterocycles. The third kappa shape index (κ3) is 3.11. The monoisotopic (exact) mass is 421 g/mol. The molecular weight excluding hydrogens is 405 g/mol. The van der Waals surface area contributed by atoms with Crippen LogP contribution in [0.2, 0.25) is 5.02 Å². The highest BCUT2D eigenvalue weighted by molar-refractivity contribution is 6.30. The third-order valence-electron chi connectivity index (χ3n) is 5.53. The zero-order chi connectivity index (χ0) is 20.8. The van der Waals surface area contributed by atoms with Gasteiger partial charge >= 0.3 is 0 Å². The minimum atomic E-state index is -0.503. The number of amides is 1. The molecule has 1 amide bonds. The molecule has 0 saturated heterocycles. The molecule has 30 heavy (non-hydrogen) atoms. The summed E-state index contributed by atoms with van der Waals surface area (Å²) in [5, 5.41) is 4.80. The minimum absolute atomic E-state index is 0.129. The standard InChI is InChI=1S/C22H17ClFN5O/c1-13-16-3-2-4-17(14-5-6-20(24)25-10-14)18(16)7-8-28(13)22(30)19-9-21-26-11-15(23)12-29(21)27-19/h2-6,9-13H,7-8H2,1H3. The normalized spacial score (nSPS) is 16.0. The predicted molar refractivity (Wildman–Crippen MR) is 111 cm³/mol. The molecule has 1 unspecified atom stereocenters. The van der Waals surface area contributed by atoms with E-state index >= 15 is 0 Å². The molecule has 0 fully saturated rings. The van der Waals surface area contributed by atoms with Gasteiger partial charge in [-0.25, -0.2) is 14.5 Å². The van der Waals surface area contributed by atoms with Crippen molar-refractivity contribution in [1.29, 1.82) is 0 Å². The first kappa shape index (κ1) is 18.7. The Morgan fingerprint density at radius 3 is 2.87 bits per heavy atom. The van der Waals surface area contributed by atoms with Crippen LogP contribution in [0, 0.1) is 5.95 Å². The van der Waals surface area contributed by atoms with Gasteiger partial charge in [-0.2, -0.15) is 9.49 Å². The van der Waals surface area contributed by atoms with E-state index in [4.69, 9.17) is 11.6 Å². The Morgan fingerprint density at radius 2 is 2.07 bits per heavy atom. The van der Waals surface area contributed by atoms with Gasteiger partial charge in [0.15, 0.2) is 11.3 Å². The molecule has 8 heteroatoms. The summed E-state index contributed by atoms with van der Waals surface area (Å²) in [5.41, 5.74) is 5.01. The maximum absolute atomic E-state index is 13.2. The number of halogens is 2. The summed E-state index contributed by atoms with van der Waals surface area (Å²) in [4.78, 5) is 23.0. The summed E-state index contributed by atoms with van der Waals surface area (Å²) in [7, 11) is 0. The van der Waals surface area contributed by atoms with Gasteiger partial charge in [-0.05, 0) is 42.2 Å². The van der Waals surface area contributed by atoms with Gasteiger partial charge in [-0.1, -0.05) is 29.8 Å². The van der Waals surface area contributed by atoms with Gasteiger partial charge in [0.25, 0.3) is 5.91 Å². The van der Waals surface area contributed by atoms with Crippen LogP contribution in [0.25, 0.3) is 16.8 Å². The van der Waals surface area contributed by atoms with Crippen LogP contribution in [0.1, 0.15) is 34.6 Å². The highest BCUT2D eigenvalue weighted by Gasteiger charge is 2.31. The van der Waals surface area contributed by atoms with Crippen molar-refractivity contribution in [3.8, 4) is 11.1 Å². The Balaban J connectivity index is 1.48. The van der Waals surface area contributed by atoms with Crippen molar-refractivity contribution < 1.29 is 9.18 Å². The van der Waals surface area contributed by atoms with E-state index in [2.05, 4.69) is 15.1 Å². The van der Waals surface area contributed by atoms with E-state index in [1.54, 1.807) is 24.5 Å². The molecule has 0 spiro atoms. The smallest absolute Gasteiger partial charge is 0.274 e. The van der Waals surface area contributed by atoms with Gasteiger partial charge in [0.05, 0.1) is 17.3 Å². The lowest BCUT2D eigenvalue weighted by atomic mass is 9.87. The van der Waals surface area contributed by atoms with Gasteiger partial charge in [0.1, 0.15) is 0 Å². The number of pyridine rings is 1. The average molecular weight is 422 g/mol. The van der Waals surface area contributed by atoms with Crippen molar-refractivity contribution in [3.63, 3.8) is 0 Å². The second kappa shape index (κ2) is 7.18. The van der Waals surface area contributed by atoms with Gasteiger partial charge in [-0.3, -0.25) is 4.79 Å². The zero-order valence-electron chi connectivity index (χ0n) is 16.1. The fraction of sp³-hybridized carbons (Fsp3) is 0.182. The number of carbonyl (C=O) groups is 1. The Hall–Kier alpha value is -3.32. The Bertz CT molecular complexity index is 1270. The van der Waals surface area contributed by atoms with Crippen LogP contribution < -0.4 is 0 Å². The lowest BCUT2D eigenvalue weighted by Crippen LogP contribution is -2.39. The molecule has 4 heterocycles. The highest BCUT2D eigenvalue weighted by atomic mass is 35.5. The van der Waals surface area contributed by atoms with Crippen LogP contribution in [0.15, 0.2) is 55.0 Å². The van der Waals surface area contributed by atoms with Gasteiger partial charge in [-0.15, -0.1) is 0 Å². The van der Waals surface area contributed by atoms with E-state index in [-0.39, 0.29) is 11.9 Å². The van der Waals surface area contributed by atoms with Crippen LogP contribution in [-0.4, -0.2) is 36.9 Å². The third-order valence-corrected chi connectivity index (χ3v) is 5.73. The van der Waals surface area contributed by atoms with Crippen LogP contribution in [-0.2, 0) is 6.42 Å². The van der Waals surface area contributed by atoms with Crippen molar-refractivity contribution in [1.82, 2.24) is 24.5 Å². The number of benzene rings is 1. The molecule has 1 aliphatic rings. The Kier molecular flexibility index (Phi) is 4.47. The van der Waals surface area contributed by atoms with E-state index in [0.29, 0.717) is 29.3 Å². The van der Waals surface area contributed by atoms with E-state index in [0.717, 1.165) is 22.3 Å². The van der Waals surface area contributed by atoms with Crippen molar-refractivity contribution in [3.05, 3.63) is 82.8 Å². The number of carbonyl (C=O) groups excluding carboxylic acids is 1. The molecule has 1 atom stereocenters. The first-order valence-electron chi connectivity index (χ1n) is 9.57. The molecule has 0 aliphatic carbocycles. The van der Waals surface area contributed by atoms with E-state index in [9.17, 15) is 9.18 Å². The molecule has 0 bridgehead atoms. The predicted octanol–water partition coefficient (Wildman–Crippen LogP) is 4.34. The summed E-state index contributed by atoms with van der Waals surface area (Å²) >= 11 is 5.97. The van der Waals surface area contributed by atoms with Crippen molar-refractivity contribution >= 4 is 23.2 Å². The maximum atomic E-state index is 13.2. The second-order valence-electron chi connectivity index (χ2n) is 7.27. The molecule has 5 rings (SSSR count). The Labute approximate surface area is 177 Å². The quantitative estimate of drug-likeness (QED) is 0.451. The number of hydrogen-bond donors (Lipinski definition) is 0. The van der Waals surface area contributed by atoms with Crippen molar-refractivity contribution in [2.24, 2.45) is 0 Å². The van der Waals surface area contributed by atoms with Gasteiger partial charge in [0.2, 0.25) is 5.95 Å². The topological polar surface area (TPSA) is 63.4 Å². The van der Waals surface area contributed by atoms with E-state index in [1.807, 2.05) is 30.0 Å². The van der Waals surface area contributed by atoms with Crippen LogP contribution in [0.3, 0.4) is 0 Å². The largest absolute Gasteiger partial charge is 0.330 e. The molecule has 0 N–H and O–H groups in total. The summed E-state index contributed by atoms with van der Waals surface area (Å²) in [6, 6.07) is 10.6. The maximum Gasteiger partial charge on any atom is 0.274 e. The molecule has 4 aromatic rings. The summed E-state index contributed by atoms with van der Waals surface area (Å²) < 4.78 is 14.7. The first-order chi connectivity index (χ1) is 14.5. The van der Waals surface area contributed by atoms with Crippen LogP contribution in [0.5, 0.6) is 0 Å². The zero-order valence-corrected chi connectivity index (χ0v) is 16.8. The average Bonchev–Trinajstić information content (AvgIpc) is 3.17. The minimum Gasteiger partial charge on any atom is -0.330 e. The molecule has 0 saturated carbocycles. The number of fused-ring (bicyclic) bond motifs is 2. The summed E-state index contributed by atoms with van der Waals surface area (Å²) in [6.07, 6.45) is 5.38. The van der Waals surface area contributed by atoms with Crippen molar-refractivity contribution in [2.45, 2.75) is 19.4 Å². The lowest BCUT2D eigenvalue weighted by Gasteiger charge is -2.36. The molecule has 1 aliphatic heterocycles. The van der Waals surface area contributed by atoms with E-state index < -0.39 is 5.95 Å². The fourth-order valence-corrected chi connectivity index (χ4v) is 4.20. The highest BCUT2D eigenvalue weighted by Crippen LogP contribution is 2.36. The van der Waals surface area contributed by atoms with Crippen LogP contribution in [0.4, 0.5) is 4.39 Å². The summed E-state index contributed by atoms with van der Waals surface area (Å²) in [5.74, 6) is -0.652. The van der Waals surface area contributed by atoms with Crippen molar-refractivity contribution in [2.75, 3.05) is 6.54 Å². The molecule has 150 valence electrons. The number of nitrogens with zero attached hydrogens (tertiary/aromatic N) is 5. The number of aromatic nitrogens is 4. The SMILES string of the molecule is CC1c2cccc(-c3ccc(F)nc3)c2CCN1C(=O)c1cc2ncc(Cl)cn2n1. The first-order valence-corrected chi connectivity index (χ1v) is 9.94. The Morgan fingerprint density at radius 1 is 1.20 bits per heavy atom. The molecule has 6 nitrogen and oxygen atoms in total. The van der Waals surface area contributed by atoms with E-state index in [1.165, 1.54) is 16.8 Å². The molecule has 0 radical (unpaired) electrons. The molecular formula is C22H17ClFN5O. The second-order valence-corrected chi connectivity index (χ2v) is 7.71. The van der Waals surface area contributed by atoms with Gasteiger partial charge in [0, 0.05) is 30.6 Å². The van der Waals surface area contributed by atoms with Gasteiger partial charge < -0.3 is 4.90 Å². The number of hydrogen-bond acceptors (Lipinski definition) is 4. The van der Waals surface area contributed by atoms with Crippen LogP contribution >= 0.6 is 11.6 Å². The summed E-state index contributed by atoms with van der Waals surface area (Å²) in [6.45, 7) is 2.56. The number of rotatable bonds is 2. The lowest BCUT2D eigenvalue weighted by molar-refractivity contribution is 0.0671. The fourth-order valence-electron chi connectivity index (χ4n) is 4.06.